The molecular weight excluding hydrogens is 120 g/mol. The van der Waals surface area contributed by atoms with E-state index in [9.17, 15) is 0 Å². The molecule has 1 nitrogen and oxygen atoms in total. The van der Waals surface area contributed by atoms with E-state index in [4.69, 9.17) is 5.11 Å². The van der Waals surface area contributed by atoms with E-state index in [1.54, 1.807) is 0 Å². The third-order valence-electron chi connectivity index (χ3n) is 1.17. The fraction of sp³-hybridized carbons (Fsp3) is 1.00. The molecule has 2 heteroatoms. The predicted molar refractivity (Wildman–Crippen MR) is 39.4 cm³/mol. The highest BCUT2D eigenvalue weighted by Crippen LogP contribution is 2.00. The fourth-order valence-corrected chi connectivity index (χ4v) is 0.714. The van der Waals surface area contributed by atoms with Crippen LogP contribution in [-0.2, 0) is 0 Å². The van der Waals surface area contributed by atoms with Crippen LogP contribution in [-0.4, -0.2) is 17.0 Å². The van der Waals surface area contributed by atoms with E-state index in [0.29, 0.717) is 0 Å². The zero-order chi connectivity index (χ0) is 6.41. The summed E-state index contributed by atoms with van der Waals surface area (Å²) < 4.78 is 0. The maximum Gasteiger partial charge on any atom is 0.0538 e. The zero-order valence-electron chi connectivity index (χ0n) is 5.30. The highest BCUT2D eigenvalue weighted by Gasteiger charge is 1.96. The average Bonchev–Trinajstić information content (AvgIpc) is 1.83. The molecule has 0 rings (SSSR count). The van der Waals surface area contributed by atoms with Gasteiger partial charge in [-0.05, 0) is 25.0 Å². The van der Waals surface area contributed by atoms with E-state index in [1.165, 1.54) is 0 Å². The molecular formula is C6H14OS. The second-order valence-corrected chi connectivity index (χ2v) is 2.38. The van der Waals surface area contributed by atoms with Crippen LogP contribution >= 0.6 is 12.6 Å². The van der Waals surface area contributed by atoms with Gasteiger partial charge >= 0.3 is 0 Å². The zero-order valence-corrected chi connectivity index (χ0v) is 6.19. The number of aliphatic hydroxyl groups excluding tert-OH is 1. The van der Waals surface area contributed by atoms with Crippen molar-refractivity contribution in [2.75, 3.05) is 5.75 Å². The number of thiol groups is 1. The summed E-state index contributed by atoms with van der Waals surface area (Å²) in [5.74, 6) is 0.886. The van der Waals surface area contributed by atoms with Gasteiger partial charge in [0.05, 0.1) is 6.10 Å². The summed E-state index contributed by atoms with van der Waals surface area (Å²) in [7, 11) is 0. The summed E-state index contributed by atoms with van der Waals surface area (Å²) >= 11 is 4.02. The highest BCUT2D eigenvalue weighted by molar-refractivity contribution is 7.80. The average molecular weight is 134 g/mol. The first-order chi connectivity index (χ1) is 3.81. The first-order valence-corrected chi connectivity index (χ1v) is 3.73. The first kappa shape index (κ1) is 8.31. The van der Waals surface area contributed by atoms with Gasteiger partial charge in [-0.3, -0.25) is 0 Å². The van der Waals surface area contributed by atoms with Gasteiger partial charge in [0.1, 0.15) is 0 Å². The Morgan fingerprint density at radius 1 is 1.62 bits per heavy atom. The second-order valence-electron chi connectivity index (χ2n) is 1.93. The van der Waals surface area contributed by atoms with Crippen LogP contribution in [0, 0.1) is 0 Å². The van der Waals surface area contributed by atoms with E-state index in [0.717, 1.165) is 25.0 Å². The van der Waals surface area contributed by atoms with Crippen molar-refractivity contribution in [2.45, 2.75) is 32.3 Å². The number of rotatable bonds is 4. The summed E-state index contributed by atoms with van der Waals surface area (Å²) in [6.45, 7) is 1.99. The van der Waals surface area contributed by atoms with Gasteiger partial charge in [-0.2, -0.15) is 12.6 Å². The molecule has 0 fully saturated rings. The molecule has 0 saturated carbocycles. The van der Waals surface area contributed by atoms with E-state index in [1.807, 2.05) is 6.92 Å². The van der Waals surface area contributed by atoms with Gasteiger partial charge in [-0.15, -0.1) is 0 Å². The molecule has 0 aromatic rings. The minimum atomic E-state index is -0.0952. The lowest BCUT2D eigenvalue weighted by Gasteiger charge is -2.03. The minimum absolute atomic E-state index is 0.0952. The molecule has 0 radical (unpaired) electrons. The van der Waals surface area contributed by atoms with Gasteiger partial charge in [0.15, 0.2) is 0 Å². The van der Waals surface area contributed by atoms with E-state index < -0.39 is 0 Å². The van der Waals surface area contributed by atoms with Gasteiger partial charge in [0.2, 0.25) is 0 Å². The van der Waals surface area contributed by atoms with Crippen molar-refractivity contribution in [1.29, 1.82) is 0 Å². The smallest absolute Gasteiger partial charge is 0.0538 e. The molecule has 0 aromatic heterocycles. The maximum atomic E-state index is 8.96. The SMILES string of the molecule is CC[C@@H](O)CCCS. The van der Waals surface area contributed by atoms with Crippen LogP contribution in [0.2, 0.25) is 0 Å². The van der Waals surface area contributed by atoms with Crippen LogP contribution < -0.4 is 0 Å². The van der Waals surface area contributed by atoms with E-state index >= 15 is 0 Å². The maximum absolute atomic E-state index is 8.96. The van der Waals surface area contributed by atoms with Gasteiger partial charge in [-0.1, -0.05) is 6.92 Å². The van der Waals surface area contributed by atoms with Crippen molar-refractivity contribution in [1.82, 2.24) is 0 Å². The van der Waals surface area contributed by atoms with E-state index in [2.05, 4.69) is 12.6 Å². The Morgan fingerprint density at radius 2 is 2.25 bits per heavy atom. The second kappa shape index (κ2) is 5.45. The molecule has 1 N–H and O–H groups in total. The fourth-order valence-electron chi connectivity index (χ4n) is 0.531. The lowest BCUT2D eigenvalue weighted by Crippen LogP contribution is -2.03. The lowest BCUT2D eigenvalue weighted by molar-refractivity contribution is 0.160. The number of hydrogen-bond acceptors (Lipinski definition) is 2. The largest absolute Gasteiger partial charge is 0.393 e. The molecule has 0 amide bonds. The van der Waals surface area contributed by atoms with Crippen LogP contribution in [0.4, 0.5) is 0 Å². The molecule has 0 bridgehead atoms. The number of aliphatic hydroxyl groups is 1. The topological polar surface area (TPSA) is 20.2 Å². The summed E-state index contributed by atoms with van der Waals surface area (Å²) in [5.41, 5.74) is 0. The van der Waals surface area contributed by atoms with Crippen LogP contribution in [0.5, 0.6) is 0 Å². The van der Waals surface area contributed by atoms with Crippen LogP contribution in [0.1, 0.15) is 26.2 Å². The third kappa shape index (κ3) is 4.47. The van der Waals surface area contributed by atoms with Crippen LogP contribution in [0.3, 0.4) is 0 Å². The van der Waals surface area contributed by atoms with Crippen molar-refractivity contribution >= 4 is 12.6 Å². The number of hydrogen-bond donors (Lipinski definition) is 2. The van der Waals surface area contributed by atoms with Crippen molar-refractivity contribution < 1.29 is 5.11 Å². The summed E-state index contributed by atoms with van der Waals surface area (Å²) in [6.07, 6.45) is 2.70. The van der Waals surface area contributed by atoms with Gasteiger partial charge in [0, 0.05) is 0 Å². The molecule has 0 aliphatic carbocycles. The molecule has 8 heavy (non-hydrogen) atoms. The monoisotopic (exact) mass is 134 g/mol. The minimum Gasteiger partial charge on any atom is -0.393 e. The quantitative estimate of drug-likeness (QED) is 0.558. The Morgan fingerprint density at radius 3 is 2.62 bits per heavy atom. The molecule has 0 spiro atoms. The third-order valence-corrected chi connectivity index (χ3v) is 1.48. The van der Waals surface area contributed by atoms with Crippen molar-refractivity contribution in [2.24, 2.45) is 0 Å². The molecule has 1 atom stereocenters. The Hall–Kier alpha value is 0.310. The Labute approximate surface area is 56.5 Å². The van der Waals surface area contributed by atoms with Gasteiger partial charge in [0.25, 0.3) is 0 Å². The van der Waals surface area contributed by atoms with Crippen molar-refractivity contribution in [3.63, 3.8) is 0 Å². The molecule has 0 aliphatic heterocycles. The molecule has 50 valence electrons. The molecule has 0 saturated heterocycles. The lowest BCUT2D eigenvalue weighted by atomic mass is 10.2. The molecule has 0 heterocycles. The van der Waals surface area contributed by atoms with Gasteiger partial charge < -0.3 is 5.11 Å². The highest BCUT2D eigenvalue weighted by atomic mass is 32.1. The van der Waals surface area contributed by atoms with Crippen molar-refractivity contribution in [3.05, 3.63) is 0 Å². The van der Waals surface area contributed by atoms with Gasteiger partial charge in [-0.25, -0.2) is 0 Å². The summed E-state index contributed by atoms with van der Waals surface area (Å²) in [5, 5.41) is 8.96. The normalized spacial score (nSPS) is 13.9. The van der Waals surface area contributed by atoms with E-state index in [-0.39, 0.29) is 6.10 Å². The van der Waals surface area contributed by atoms with Crippen molar-refractivity contribution in [3.8, 4) is 0 Å². The summed E-state index contributed by atoms with van der Waals surface area (Å²) in [6, 6.07) is 0. The standard InChI is InChI=1S/C6H14OS/c1-2-6(7)4-3-5-8/h6-8H,2-5H2,1H3/t6-/m1/s1. The predicted octanol–water partition coefficient (Wildman–Crippen LogP) is 1.47. The van der Waals surface area contributed by atoms with Crippen LogP contribution in [0.15, 0.2) is 0 Å². The van der Waals surface area contributed by atoms with Crippen LogP contribution in [0.25, 0.3) is 0 Å². The molecule has 0 unspecified atom stereocenters. The molecule has 0 aromatic carbocycles. The Kier molecular flexibility index (Phi) is 5.66. The Bertz CT molecular complexity index is 47.8. The molecule has 0 aliphatic rings. The Balaban J connectivity index is 2.86. The summed E-state index contributed by atoms with van der Waals surface area (Å²) in [4.78, 5) is 0. The first-order valence-electron chi connectivity index (χ1n) is 3.10.